The maximum absolute atomic E-state index is 5.36. The number of hydrogen-bond acceptors (Lipinski definition) is 3. The molecule has 0 saturated heterocycles. The molecule has 0 unspecified atom stereocenters. The Kier molecular flexibility index (Phi) is 1.54. The van der Waals surface area contributed by atoms with E-state index in [2.05, 4.69) is 10.3 Å². The second-order valence-electron chi connectivity index (χ2n) is 2.32. The average molecular weight is 168 g/mol. The fraction of sp³-hybridized carbons (Fsp3) is 0.286. The lowest BCUT2D eigenvalue weighted by Crippen LogP contribution is -2.19. The van der Waals surface area contributed by atoms with Crippen molar-refractivity contribution in [3.8, 4) is 5.75 Å². The molecule has 0 fully saturated rings. The predicted octanol–water partition coefficient (Wildman–Crippen LogP) is 1.55. The summed E-state index contributed by atoms with van der Waals surface area (Å²) in [5, 5.41) is 3.16. The van der Waals surface area contributed by atoms with Crippen molar-refractivity contribution in [1.82, 2.24) is 4.98 Å². The minimum absolute atomic E-state index is 0.689. The largest absolute Gasteiger partial charge is 0.486 e. The Balaban J connectivity index is 2.58. The van der Waals surface area contributed by atoms with Crippen molar-refractivity contribution < 1.29 is 4.74 Å². The third kappa shape index (κ3) is 1.09. The number of ether oxygens (including phenoxy) is 1. The van der Waals surface area contributed by atoms with Gasteiger partial charge >= 0.3 is 0 Å². The number of aromatic nitrogens is 1. The molecule has 58 valence electrons. The first-order valence-electron chi connectivity index (χ1n) is 3.46. The molecule has 0 aliphatic carbocycles. The quantitative estimate of drug-likeness (QED) is 0.577. The summed E-state index contributed by atoms with van der Waals surface area (Å²) >= 11 is 5.05. The van der Waals surface area contributed by atoms with Crippen molar-refractivity contribution in [2.75, 3.05) is 18.5 Å². The van der Waals surface area contributed by atoms with Gasteiger partial charge in [-0.05, 0) is 6.07 Å². The second kappa shape index (κ2) is 2.54. The normalized spacial score (nSPS) is 14.5. The summed E-state index contributed by atoms with van der Waals surface area (Å²) in [6.07, 6.45) is 1.81. The lowest BCUT2D eigenvalue weighted by atomic mass is 10.4. The van der Waals surface area contributed by atoms with Crippen molar-refractivity contribution >= 4 is 18.0 Å². The van der Waals surface area contributed by atoms with Gasteiger partial charge in [-0.1, -0.05) is 12.2 Å². The van der Waals surface area contributed by atoms with E-state index >= 15 is 0 Å². The summed E-state index contributed by atoms with van der Waals surface area (Å²) in [5.74, 6) is 1.66. The zero-order valence-corrected chi connectivity index (χ0v) is 6.70. The summed E-state index contributed by atoms with van der Waals surface area (Å²) in [6, 6.07) is 1.82. The van der Waals surface area contributed by atoms with E-state index < -0.39 is 0 Å². The maximum atomic E-state index is 5.36. The summed E-state index contributed by atoms with van der Waals surface area (Å²) in [5.41, 5.74) is 0. The van der Waals surface area contributed by atoms with Gasteiger partial charge in [0, 0.05) is 6.20 Å². The van der Waals surface area contributed by atoms with E-state index in [-0.39, 0.29) is 0 Å². The molecule has 2 N–H and O–H groups in total. The highest BCUT2D eigenvalue weighted by Gasteiger charge is 2.09. The summed E-state index contributed by atoms with van der Waals surface area (Å²) in [4.78, 5) is 3.03. The van der Waals surface area contributed by atoms with Crippen LogP contribution in [-0.2, 0) is 0 Å². The van der Waals surface area contributed by atoms with Gasteiger partial charge in [-0.3, -0.25) is 0 Å². The van der Waals surface area contributed by atoms with Crippen LogP contribution in [0.5, 0.6) is 5.75 Å². The number of fused-ring (bicyclic) bond motifs is 1. The Morgan fingerprint density at radius 1 is 1.55 bits per heavy atom. The number of aromatic amines is 1. The molecule has 0 bridgehead atoms. The van der Waals surface area contributed by atoms with E-state index in [1.54, 1.807) is 0 Å². The van der Waals surface area contributed by atoms with Crippen molar-refractivity contribution in [3.63, 3.8) is 0 Å². The first-order chi connectivity index (χ1) is 5.38. The molecule has 2 heterocycles. The highest BCUT2D eigenvalue weighted by molar-refractivity contribution is 7.71. The van der Waals surface area contributed by atoms with E-state index in [1.807, 2.05) is 12.3 Å². The topological polar surface area (TPSA) is 37.0 Å². The molecule has 1 aliphatic rings. The highest BCUT2D eigenvalue weighted by Crippen LogP contribution is 2.24. The van der Waals surface area contributed by atoms with E-state index in [1.165, 1.54) is 0 Å². The lowest BCUT2D eigenvalue weighted by molar-refractivity contribution is 0.320. The van der Waals surface area contributed by atoms with Crippen LogP contribution in [0.3, 0.4) is 0 Å². The van der Waals surface area contributed by atoms with Gasteiger partial charge in [-0.2, -0.15) is 0 Å². The van der Waals surface area contributed by atoms with Gasteiger partial charge in [0.05, 0.1) is 11.1 Å². The van der Waals surface area contributed by atoms with Gasteiger partial charge < -0.3 is 15.0 Å². The first kappa shape index (κ1) is 6.67. The molecule has 1 aromatic rings. The van der Waals surface area contributed by atoms with Crippen molar-refractivity contribution in [1.29, 1.82) is 0 Å². The van der Waals surface area contributed by atoms with Crippen molar-refractivity contribution in [3.05, 3.63) is 16.8 Å². The number of anilines is 1. The standard InChI is InChI=1S/C7H8N2OS/c11-5-1-2-8-7-6(5)10-4-3-9-7/h1-2H,3-4H2,(H2,8,9,11). The van der Waals surface area contributed by atoms with E-state index in [4.69, 9.17) is 17.0 Å². The Hall–Kier alpha value is -1.03. The maximum Gasteiger partial charge on any atom is 0.177 e. The Morgan fingerprint density at radius 2 is 2.45 bits per heavy atom. The molecule has 4 heteroatoms. The van der Waals surface area contributed by atoms with Gasteiger partial charge in [-0.15, -0.1) is 0 Å². The number of H-pyrrole nitrogens is 1. The molecular formula is C7H8N2OS. The van der Waals surface area contributed by atoms with Crippen LogP contribution in [0.1, 0.15) is 0 Å². The van der Waals surface area contributed by atoms with Crippen molar-refractivity contribution in [2.45, 2.75) is 0 Å². The average Bonchev–Trinajstić information content (AvgIpc) is 2.06. The number of hydrogen-bond donors (Lipinski definition) is 2. The van der Waals surface area contributed by atoms with Crippen LogP contribution in [0.4, 0.5) is 5.82 Å². The SMILES string of the molecule is S=c1cc[nH]c2c1OCCN2. The zero-order chi connectivity index (χ0) is 7.68. The Labute approximate surface area is 69.4 Å². The fourth-order valence-electron chi connectivity index (χ4n) is 1.07. The van der Waals surface area contributed by atoms with Gasteiger partial charge in [0.25, 0.3) is 0 Å². The molecule has 0 amide bonds. The Bertz CT molecular complexity index is 320. The molecule has 1 aromatic heterocycles. The molecule has 0 spiro atoms. The van der Waals surface area contributed by atoms with Crippen LogP contribution < -0.4 is 10.1 Å². The number of rotatable bonds is 0. The first-order valence-corrected chi connectivity index (χ1v) is 3.87. The van der Waals surface area contributed by atoms with Crippen LogP contribution in [0, 0.1) is 4.51 Å². The molecule has 1 aliphatic heterocycles. The molecule has 3 nitrogen and oxygen atoms in total. The van der Waals surface area contributed by atoms with E-state index in [0.717, 1.165) is 22.6 Å². The minimum Gasteiger partial charge on any atom is -0.486 e. The summed E-state index contributed by atoms with van der Waals surface area (Å²) in [6.45, 7) is 1.52. The smallest absolute Gasteiger partial charge is 0.177 e. The van der Waals surface area contributed by atoms with Crippen LogP contribution in [0.15, 0.2) is 12.3 Å². The number of nitrogens with one attached hydrogen (secondary N) is 2. The van der Waals surface area contributed by atoms with Crippen molar-refractivity contribution in [2.24, 2.45) is 0 Å². The lowest BCUT2D eigenvalue weighted by Gasteiger charge is -2.17. The molecule has 11 heavy (non-hydrogen) atoms. The van der Waals surface area contributed by atoms with Gasteiger partial charge in [0.15, 0.2) is 5.75 Å². The second-order valence-corrected chi connectivity index (χ2v) is 2.76. The van der Waals surface area contributed by atoms with Gasteiger partial charge in [0.2, 0.25) is 0 Å². The van der Waals surface area contributed by atoms with Gasteiger partial charge in [-0.25, -0.2) is 0 Å². The molecule has 0 saturated carbocycles. The van der Waals surface area contributed by atoms with Crippen LogP contribution >= 0.6 is 12.2 Å². The fourth-order valence-corrected chi connectivity index (χ4v) is 1.30. The Morgan fingerprint density at radius 3 is 3.27 bits per heavy atom. The molecule has 2 rings (SSSR count). The molecule has 0 atom stereocenters. The summed E-state index contributed by atoms with van der Waals surface area (Å²) in [7, 11) is 0. The predicted molar refractivity (Wildman–Crippen MR) is 45.6 cm³/mol. The number of pyridine rings is 1. The summed E-state index contributed by atoms with van der Waals surface area (Å²) < 4.78 is 6.11. The molecule has 0 radical (unpaired) electrons. The van der Waals surface area contributed by atoms with E-state index in [0.29, 0.717) is 6.61 Å². The molecular weight excluding hydrogens is 160 g/mol. The van der Waals surface area contributed by atoms with Crippen LogP contribution in [0.2, 0.25) is 0 Å². The van der Waals surface area contributed by atoms with Gasteiger partial charge in [0.1, 0.15) is 12.4 Å². The zero-order valence-electron chi connectivity index (χ0n) is 5.89. The molecule has 0 aromatic carbocycles. The third-order valence-corrected chi connectivity index (χ3v) is 1.88. The minimum atomic E-state index is 0.689. The highest BCUT2D eigenvalue weighted by atomic mass is 32.1. The van der Waals surface area contributed by atoms with E-state index in [9.17, 15) is 0 Å². The van der Waals surface area contributed by atoms with Crippen LogP contribution in [0.25, 0.3) is 0 Å². The third-order valence-electron chi connectivity index (χ3n) is 1.56. The monoisotopic (exact) mass is 168 g/mol. The van der Waals surface area contributed by atoms with Crippen LogP contribution in [-0.4, -0.2) is 18.1 Å².